The number of hydrogen-bond donors (Lipinski definition) is 2. The number of aromatic nitrogens is 2. The summed E-state index contributed by atoms with van der Waals surface area (Å²) in [7, 11) is -3.75. The molecular formula is C19H25N5O4S2. The zero-order valence-electron chi connectivity index (χ0n) is 17.2. The Morgan fingerprint density at radius 2 is 1.70 bits per heavy atom. The van der Waals surface area contributed by atoms with E-state index in [4.69, 9.17) is 0 Å². The summed E-state index contributed by atoms with van der Waals surface area (Å²) < 4.78 is 53.8. The molecule has 0 bridgehead atoms. The first-order chi connectivity index (χ1) is 14.0. The maximum atomic E-state index is 12.9. The van der Waals surface area contributed by atoms with Crippen molar-refractivity contribution >= 4 is 42.7 Å². The smallest absolute Gasteiger partial charge is 0.242 e. The minimum atomic E-state index is -3.73. The van der Waals surface area contributed by atoms with Crippen molar-refractivity contribution < 1.29 is 16.8 Å². The molecule has 1 atom stereocenters. The number of nitrogens with one attached hydrogen (secondary N) is 2. The second-order valence-corrected chi connectivity index (χ2v) is 11.0. The molecule has 0 saturated heterocycles. The molecule has 9 nitrogen and oxygen atoms in total. The first kappa shape index (κ1) is 22.1. The predicted molar refractivity (Wildman–Crippen MR) is 119 cm³/mol. The largest absolute Gasteiger partial charge is 0.352 e. The third-order valence-electron chi connectivity index (χ3n) is 4.56. The van der Waals surface area contributed by atoms with Crippen LogP contribution in [0.3, 0.4) is 0 Å². The number of rotatable bonds is 8. The van der Waals surface area contributed by atoms with Gasteiger partial charge in [-0.3, -0.25) is 4.72 Å². The average molecular weight is 452 g/mol. The van der Waals surface area contributed by atoms with Gasteiger partial charge in [-0.05, 0) is 43.3 Å². The van der Waals surface area contributed by atoms with E-state index in [0.717, 1.165) is 17.3 Å². The SMILES string of the molecule is CC(CN(C)S(=O)(=O)c1ccc(NS(C)(=O)=O)cc1)Nc1nc2ccccc2n1C. The number of anilines is 2. The van der Waals surface area contributed by atoms with Gasteiger partial charge in [0.2, 0.25) is 26.0 Å². The molecule has 1 unspecified atom stereocenters. The van der Waals surface area contributed by atoms with Crippen LogP contribution in [-0.4, -0.2) is 56.6 Å². The van der Waals surface area contributed by atoms with Crippen molar-refractivity contribution in [2.75, 3.05) is 29.9 Å². The molecule has 0 aliphatic carbocycles. The Balaban J connectivity index is 1.70. The number of benzene rings is 2. The zero-order chi connectivity index (χ0) is 22.1. The summed E-state index contributed by atoms with van der Waals surface area (Å²) in [5.41, 5.74) is 2.14. The third-order valence-corrected chi connectivity index (χ3v) is 7.00. The second kappa shape index (κ2) is 8.25. The van der Waals surface area contributed by atoms with E-state index in [9.17, 15) is 16.8 Å². The first-order valence-corrected chi connectivity index (χ1v) is 12.5. The lowest BCUT2D eigenvalue weighted by molar-refractivity contribution is 0.453. The Labute approximate surface area is 176 Å². The number of aryl methyl sites for hydroxylation is 1. The molecule has 30 heavy (non-hydrogen) atoms. The summed E-state index contributed by atoms with van der Waals surface area (Å²) in [4.78, 5) is 4.63. The third kappa shape index (κ3) is 4.91. The molecule has 0 aliphatic rings. The fraction of sp³-hybridized carbons (Fsp3) is 0.316. The molecule has 0 radical (unpaired) electrons. The fourth-order valence-electron chi connectivity index (χ4n) is 3.11. The Morgan fingerprint density at radius 1 is 1.07 bits per heavy atom. The van der Waals surface area contributed by atoms with E-state index in [1.54, 1.807) is 0 Å². The van der Waals surface area contributed by atoms with Crippen LogP contribution in [0.4, 0.5) is 11.6 Å². The van der Waals surface area contributed by atoms with Crippen molar-refractivity contribution in [1.29, 1.82) is 0 Å². The minimum Gasteiger partial charge on any atom is -0.352 e. The summed E-state index contributed by atoms with van der Waals surface area (Å²) in [5.74, 6) is 0.658. The van der Waals surface area contributed by atoms with Crippen molar-refractivity contribution in [3.05, 3.63) is 48.5 Å². The van der Waals surface area contributed by atoms with E-state index in [1.165, 1.54) is 35.6 Å². The van der Waals surface area contributed by atoms with Crippen LogP contribution in [0.15, 0.2) is 53.4 Å². The molecule has 0 spiro atoms. The predicted octanol–water partition coefficient (Wildman–Crippen LogP) is 2.07. The van der Waals surface area contributed by atoms with E-state index in [-0.39, 0.29) is 17.5 Å². The van der Waals surface area contributed by atoms with Crippen molar-refractivity contribution in [2.24, 2.45) is 7.05 Å². The number of nitrogens with zero attached hydrogens (tertiary/aromatic N) is 3. The molecule has 2 aromatic carbocycles. The van der Waals surface area contributed by atoms with Gasteiger partial charge in [-0.2, -0.15) is 4.31 Å². The van der Waals surface area contributed by atoms with Crippen LogP contribution in [0.2, 0.25) is 0 Å². The lowest BCUT2D eigenvalue weighted by Gasteiger charge is -2.22. The Kier molecular flexibility index (Phi) is 6.06. The Bertz CT molecular complexity index is 1250. The molecule has 0 fully saturated rings. The van der Waals surface area contributed by atoms with Crippen molar-refractivity contribution in [2.45, 2.75) is 17.9 Å². The van der Waals surface area contributed by atoms with Gasteiger partial charge in [-0.1, -0.05) is 12.1 Å². The number of hydrogen-bond acceptors (Lipinski definition) is 6. The van der Waals surface area contributed by atoms with Gasteiger partial charge in [-0.25, -0.2) is 21.8 Å². The molecule has 1 heterocycles. The van der Waals surface area contributed by atoms with Crippen LogP contribution in [0.5, 0.6) is 0 Å². The maximum Gasteiger partial charge on any atom is 0.242 e. The van der Waals surface area contributed by atoms with Crippen molar-refractivity contribution in [1.82, 2.24) is 13.9 Å². The van der Waals surface area contributed by atoms with E-state index in [1.807, 2.05) is 42.8 Å². The molecule has 3 rings (SSSR count). The fourth-order valence-corrected chi connectivity index (χ4v) is 4.94. The summed E-state index contributed by atoms with van der Waals surface area (Å²) >= 11 is 0. The van der Waals surface area contributed by atoms with Crippen LogP contribution in [0.1, 0.15) is 6.92 Å². The molecule has 0 saturated carbocycles. The molecule has 0 aliphatic heterocycles. The topological polar surface area (TPSA) is 113 Å². The first-order valence-electron chi connectivity index (χ1n) is 9.19. The average Bonchev–Trinajstić information content (AvgIpc) is 2.96. The van der Waals surface area contributed by atoms with Crippen LogP contribution in [0, 0.1) is 0 Å². The number of sulfonamides is 2. The normalized spacial score (nSPS) is 13.5. The van der Waals surface area contributed by atoms with E-state index in [0.29, 0.717) is 11.6 Å². The van der Waals surface area contributed by atoms with E-state index in [2.05, 4.69) is 15.0 Å². The Hall–Kier alpha value is -2.63. The summed E-state index contributed by atoms with van der Waals surface area (Å²) in [6.07, 6.45) is 1.03. The highest BCUT2D eigenvalue weighted by Crippen LogP contribution is 2.20. The summed E-state index contributed by atoms with van der Waals surface area (Å²) in [5, 5.41) is 3.26. The number of likely N-dealkylation sites (N-methyl/N-ethyl adjacent to an activating group) is 1. The van der Waals surface area contributed by atoms with Gasteiger partial charge in [0.05, 0.1) is 22.2 Å². The highest BCUT2D eigenvalue weighted by Gasteiger charge is 2.23. The Morgan fingerprint density at radius 3 is 2.30 bits per heavy atom. The van der Waals surface area contributed by atoms with Crippen LogP contribution >= 0.6 is 0 Å². The quantitative estimate of drug-likeness (QED) is 0.542. The summed E-state index contributed by atoms with van der Waals surface area (Å²) in [6.45, 7) is 2.10. The van der Waals surface area contributed by atoms with Gasteiger partial charge in [0.15, 0.2) is 0 Å². The summed E-state index contributed by atoms with van der Waals surface area (Å²) in [6, 6.07) is 13.1. The van der Waals surface area contributed by atoms with Gasteiger partial charge >= 0.3 is 0 Å². The number of fused-ring (bicyclic) bond motifs is 1. The van der Waals surface area contributed by atoms with Crippen LogP contribution in [0.25, 0.3) is 11.0 Å². The van der Waals surface area contributed by atoms with Crippen LogP contribution < -0.4 is 10.0 Å². The lowest BCUT2D eigenvalue weighted by atomic mass is 10.3. The van der Waals surface area contributed by atoms with E-state index >= 15 is 0 Å². The molecule has 2 N–H and O–H groups in total. The van der Waals surface area contributed by atoms with Crippen molar-refractivity contribution in [3.8, 4) is 0 Å². The molecule has 1 aromatic heterocycles. The van der Waals surface area contributed by atoms with E-state index < -0.39 is 20.0 Å². The van der Waals surface area contributed by atoms with Crippen molar-refractivity contribution in [3.63, 3.8) is 0 Å². The molecular weight excluding hydrogens is 426 g/mol. The van der Waals surface area contributed by atoms with Crippen LogP contribution in [-0.2, 0) is 27.1 Å². The number of para-hydroxylation sites is 2. The van der Waals surface area contributed by atoms with Gasteiger partial charge in [0, 0.05) is 32.4 Å². The molecule has 11 heteroatoms. The molecule has 0 amide bonds. The van der Waals surface area contributed by atoms with Gasteiger partial charge in [0.1, 0.15) is 0 Å². The zero-order valence-corrected chi connectivity index (χ0v) is 18.8. The standard InChI is InChI=1S/C19H25N5O4S2/c1-14(20-19-21-17-7-5-6-8-18(17)24(19)3)13-23(2)30(27,28)16-11-9-15(10-12-16)22-29(4,25)26/h5-12,14,22H,13H2,1-4H3,(H,20,21). The van der Waals surface area contributed by atoms with Gasteiger partial charge in [-0.15, -0.1) is 0 Å². The minimum absolute atomic E-state index is 0.0824. The maximum absolute atomic E-state index is 12.9. The highest BCUT2D eigenvalue weighted by molar-refractivity contribution is 7.92. The monoisotopic (exact) mass is 451 g/mol. The lowest BCUT2D eigenvalue weighted by Crippen LogP contribution is -2.36. The molecule has 3 aromatic rings. The second-order valence-electron chi connectivity index (χ2n) is 7.21. The molecule has 162 valence electrons. The highest BCUT2D eigenvalue weighted by atomic mass is 32.2. The van der Waals surface area contributed by atoms with Gasteiger partial charge in [0.25, 0.3) is 0 Å². The number of imidazole rings is 1. The van der Waals surface area contributed by atoms with Gasteiger partial charge < -0.3 is 9.88 Å².